The van der Waals surface area contributed by atoms with Gasteiger partial charge in [0.2, 0.25) is 0 Å². The summed E-state index contributed by atoms with van der Waals surface area (Å²) < 4.78 is 30.4. The molecule has 1 aliphatic rings. The summed E-state index contributed by atoms with van der Waals surface area (Å²) in [6.45, 7) is 6.29. The van der Waals surface area contributed by atoms with E-state index in [9.17, 15) is 8.78 Å². The maximum Gasteiger partial charge on any atom is 0.257 e. The molecule has 0 amide bonds. The van der Waals surface area contributed by atoms with Crippen LogP contribution in [0.15, 0.2) is 0 Å². The molecule has 0 aromatic rings. The second-order valence-electron chi connectivity index (χ2n) is 3.78. The van der Waals surface area contributed by atoms with E-state index in [2.05, 4.69) is 0 Å². The summed E-state index contributed by atoms with van der Waals surface area (Å²) in [7, 11) is 1.68. The Hall–Kier alpha value is -0.220. The van der Waals surface area contributed by atoms with E-state index in [1.807, 2.05) is 13.8 Å². The van der Waals surface area contributed by atoms with Gasteiger partial charge in [0.15, 0.2) is 0 Å². The molecule has 15 heavy (non-hydrogen) atoms. The number of piperidine rings is 1. The van der Waals surface area contributed by atoms with Gasteiger partial charge in [-0.25, -0.2) is 8.78 Å². The molecule has 0 N–H and O–H groups in total. The Labute approximate surface area is 91.6 Å². The number of alkyl halides is 2. The minimum absolute atomic E-state index is 0.122. The molecule has 0 unspecified atom stereocenters. The lowest BCUT2D eigenvalue weighted by Gasteiger charge is -2.32. The third kappa shape index (κ3) is 6.79. The van der Waals surface area contributed by atoms with Crippen molar-refractivity contribution in [2.75, 3.05) is 26.7 Å². The largest absolute Gasteiger partial charge is 0.381 e. The summed E-state index contributed by atoms with van der Waals surface area (Å²) in [6.07, 6.45) is 2.00. The lowest BCUT2D eigenvalue weighted by molar-refractivity contribution is -0.0350. The fourth-order valence-electron chi connectivity index (χ4n) is 1.70. The summed E-state index contributed by atoms with van der Waals surface area (Å²) in [5.41, 5.74) is 0. The molecule has 92 valence electrons. The maximum absolute atomic E-state index is 12.6. The van der Waals surface area contributed by atoms with E-state index in [1.165, 1.54) is 0 Å². The van der Waals surface area contributed by atoms with Crippen LogP contribution in [0.3, 0.4) is 0 Å². The molecule has 0 aromatic carbocycles. The van der Waals surface area contributed by atoms with Gasteiger partial charge in [-0.2, -0.15) is 0 Å². The van der Waals surface area contributed by atoms with Gasteiger partial charge in [-0.1, -0.05) is 13.8 Å². The first-order valence-electron chi connectivity index (χ1n) is 5.64. The molecule has 4 heteroatoms. The number of nitrogens with zero attached hydrogens (tertiary/aromatic N) is 1. The van der Waals surface area contributed by atoms with E-state index >= 15 is 0 Å². The molecule has 0 saturated carbocycles. The molecule has 0 bridgehead atoms. The molecule has 0 aliphatic carbocycles. The number of hydrogen-bond donors (Lipinski definition) is 0. The number of rotatable bonds is 3. The highest BCUT2D eigenvalue weighted by Crippen LogP contribution is 2.18. The number of halogens is 2. The highest BCUT2D eigenvalue weighted by molar-refractivity contribution is 4.75. The van der Waals surface area contributed by atoms with Crippen LogP contribution in [0.4, 0.5) is 8.78 Å². The minimum atomic E-state index is -2.57. The molecule has 0 aromatic heterocycles. The minimum Gasteiger partial charge on any atom is -0.381 e. The molecule has 1 aliphatic heterocycles. The van der Waals surface area contributed by atoms with Crippen molar-refractivity contribution in [3.05, 3.63) is 0 Å². The van der Waals surface area contributed by atoms with Crippen LogP contribution >= 0.6 is 0 Å². The second-order valence-corrected chi connectivity index (χ2v) is 3.78. The van der Waals surface area contributed by atoms with Crippen LogP contribution in [0.25, 0.3) is 0 Å². The Morgan fingerprint density at radius 2 is 1.73 bits per heavy atom. The maximum atomic E-state index is 12.6. The van der Waals surface area contributed by atoms with Gasteiger partial charge in [0.1, 0.15) is 0 Å². The van der Waals surface area contributed by atoms with Gasteiger partial charge in [0.05, 0.1) is 12.6 Å². The van der Waals surface area contributed by atoms with E-state index in [0.29, 0.717) is 0 Å². The second kappa shape index (κ2) is 7.12. The average Bonchev–Trinajstić information content (AvgIpc) is 2.20. The Balaban J connectivity index is 0.000000921. The van der Waals surface area contributed by atoms with E-state index in [0.717, 1.165) is 32.9 Å². The van der Waals surface area contributed by atoms with E-state index in [4.69, 9.17) is 4.74 Å². The molecule has 1 rings (SSSR count). The van der Waals surface area contributed by atoms with Gasteiger partial charge < -0.3 is 4.74 Å². The molecule has 1 saturated heterocycles. The Bertz CT molecular complexity index is 151. The average molecular weight is 223 g/mol. The standard InChI is InChI=1S/C9H17F2NO.C2H6/c1-9(10,11)7-12-5-3-8(13-2)4-6-12;1-2/h8H,3-7H2,1-2H3;1-2H3. The quantitative estimate of drug-likeness (QED) is 0.729. The molecular formula is C11H23F2NO. The molecule has 0 radical (unpaired) electrons. The van der Waals surface area contributed by atoms with Crippen molar-refractivity contribution in [1.29, 1.82) is 0 Å². The molecule has 0 spiro atoms. The van der Waals surface area contributed by atoms with Gasteiger partial charge in [-0.15, -0.1) is 0 Å². The lowest BCUT2D eigenvalue weighted by atomic mass is 10.1. The molecular weight excluding hydrogens is 200 g/mol. The highest BCUT2D eigenvalue weighted by atomic mass is 19.3. The molecule has 0 atom stereocenters. The summed E-state index contributed by atoms with van der Waals surface area (Å²) in [6, 6.07) is 0. The van der Waals surface area contributed by atoms with Crippen molar-refractivity contribution in [2.45, 2.75) is 45.6 Å². The topological polar surface area (TPSA) is 12.5 Å². The zero-order chi connectivity index (χ0) is 11.9. The Morgan fingerprint density at radius 3 is 2.07 bits per heavy atom. The van der Waals surface area contributed by atoms with E-state index in [-0.39, 0.29) is 12.6 Å². The SMILES string of the molecule is CC.COC1CCN(CC(C)(F)F)CC1. The van der Waals surface area contributed by atoms with Crippen molar-refractivity contribution in [3.8, 4) is 0 Å². The van der Waals surface area contributed by atoms with Crippen LogP contribution in [-0.4, -0.2) is 43.7 Å². The Morgan fingerprint density at radius 1 is 1.27 bits per heavy atom. The third-order valence-electron chi connectivity index (χ3n) is 2.37. The number of methoxy groups -OCH3 is 1. The predicted octanol–water partition coefficient (Wildman–Crippen LogP) is 2.78. The Kier molecular flexibility index (Phi) is 7.02. The van der Waals surface area contributed by atoms with Crippen molar-refractivity contribution in [3.63, 3.8) is 0 Å². The van der Waals surface area contributed by atoms with Gasteiger partial charge in [-0.05, 0) is 12.8 Å². The fraction of sp³-hybridized carbons (Fsp3) is 1.00. The first kappa shape index (κ1) is 14.8. The fourth-order valence-corrected chi connectivity index (χ4v) is 1.70. The van der Waals surface area contributed by atoms with Crippen LogP contribution in [-0.2, 0) is 4.74 Å². The lowest BCUT2D eigenvalue weighted by Crippen LogP contribution is -2.42. The third-order valence-corrected chi connectivity index (χ3v) is 2.37. The van der Waals surface area contributed by atoms with Gasteiger partial charge >= 0.3 is 0 Å². The van der Waals surface area contributed by atoms with E-state index < -0.39 is 5.92 Å². The number of ether oxygens (including phenoxy) is 1. The summed E-state index contributed by atoms with van der Waals surface area (Å²) >= 11 is 0. The van der Waals surface area contributed by atoms with Gasteiger partial charge in [-0.3, -0.25) is 4.90 Å². The molecule has 2 nitrogen and oxygen atoms in total. The van der Waals surface area contributed by atoms with Crippen LogP contribution in [0.1, 0.15) is 33.6 Å². The summed E-state index contributed by atoms with van der Waals surface area (Å²) in [4.78, 5) is 1.80. The van der Waals surface area contributed by atoms with E-state index in [1.54, 1.807) is 12.0 Å². The van der Waals surface area contributed by atoms with Crippen molar-refractivity contribution in [2.24, 2.45) is 0 Å². The van der Waals surface area contributed by atoms with Gasteiger partial charge in [0, 0.05) is 27.1 Å². The summed E-state index contributed by atoms with van der Waals surface area (Å²) in [5, 5.41) is 0. The first-order chi connectivity index (χ1) is 7.01. The van der Waals surface area contributed by atoms with Crippen LogP contribution in [0.2, 0.25) is 0 Å². The molecule has 1 heterocycles. The van der Waals surface area contributed by atoms with Crippen LogP contribution < -0.4 is 0 Å². The highest BCUT2D eigenvalue weighted by Gasteiger charge is 2.27. The zero-order valence-electron chi connectivity index (χ0n) is 10.2. The van der Waals surface area contributed by atoms with Crippen LogP contribution in [0, 0.1) is 0 Å². The van der Waals surface area contributed by atoms with Gasteiger partial charge in [0.25, 0.3) is 5.92 Å². The van der Waals surface area contributed by atoms with Crippen molar-refractivity contribution in [1.82, 2.24) is 4.90 Å². The van der Waals surface area contributed by atoms with Crippen molar-refractivity contribution >= 4 is 0 Å². The van der Waals surface area contributed by atoms with Crippen molar-refractivity contribution < 1.29 is 13.5 Å². The molecule has 1 fully saturated rings. The monoisotopic (exact) mass is 223 g/mol. The number of hydrogen-bond acceptors (Lipinski definition) is 2. The van der Waals surface area contributed by atoms with Crippen LogP contribution in [0.5, 0.6) is 0 Å². The number of likely N-dealkylation sites (tertiary alicyclic amines) is 1. The zero-order valence-corrected chi connectivity index (χ0v) is 10.2. The predicted molar refractivity (Wildman–Crippen MR) is 58.4 cm³/mol. The smallest absolute Gasteiger partial charge is 0.257 e. The summed E-state index contributed by atoms with van der Waals surface area (Å²) in [5.74, 6) is -2.57. The first-order valence-corrected chi connectivity index (χ1v) is 5.64. The normalized spacial score (nSPS) is 19.6.